The van der Waals surface area contributed by atoms with Crippen LogP contribution < -0.4 is 0 Å². The lowest BCUT2D eigenvalue weighted by atomic mass is 10.1. The van der Waals surface area contributed by atoms with Crippen molar-refractivity contribution in [2.75, 3.05) is 7.05 Å². The normalized spacial score (nSPS) is 16.2. The molecule has 0 aliphatic heterocycles. The van der Waals surface area contributed by atoms with Gasteiger partial charge in [0, 0.05) is 29.3 Å². The van der Waals surface area contributed by atoms with Crippen LogP contribution in [0.15, 0.2) is 21.5 Å². The maximum atomic E-state index is 13.8. The highest BCUT2D eigenvalue weighted by molar-refractivity contribution is 9.10. The van der Waals surface area contributed by atoms with Crippen LogP contribution >= 0.6 is 26.6 Å². The third-order valence-corrected chi connectivity index (χ3v) is 6.11. The standard InChI is InChI=1S/C13H14BrClFNO3S/c1-17(9-4-2-3-5-9)13(18)8-6-10(16)12(14)11(7-8)21(15,19)20/h6-7,9H,2-5H2,1H3. The van der Waals surface area contributed by atoms with Gasteiger partial charge in [0.15, 0.2) is 0 Å². The molecule has 1 amide bonds. The van der Waals surface area contributed by atoms with E-state index in [2.05, 4.69) is 15.9 Å². The molecule has 1 aromatic carbocycles. The molecule has 2 rings (SSSR count). The van der Waals surface area contributed by atoms with Gasteiger partial charge >= 0.3 is 0 Å². The van der Waals surface area contributed by atoms with Crippen LogP contribution in [0.1, 0.15) is 36.0 Å². The molecular formula is C13H14BrClFNO3S. The first-order valence-electron chi connectivity index (χ1n) is 6.42. The number of hydrogen-bond donors (Lipinski definition) is 0. The highest BCUT2D eigenvalue weighted by atomic mass is 79.9. The van der Waals surface area contributed by atoms with E-state index in [9.17, 15) is 17.6 Å². The summed E-state index contributed by atoms with van der Waals surface area (Å²) in [6.45, 7) is 0. The minimum Gasteiger partial charge on any atom is -0.339 e. The summed E-state index contributed by atoms with van der Waals surface area (Å²) in [7, 11) is 2.77. The predicted octanol–water partition coefficient (Wildman–Crippen LogP) is 3.53. The Hall–Kier alpha value is -0.660. The summed E-state index contributed by atoms with van der Waals surface area (Å²) < 4.78 is 36.5. The molecule has 8 heteroatoms. The molecular weight excluding hydrogens is 385 g/mol. The van der Waals surface area contributed by atoms with Crippen LogP contribution in [0.2, 0.25) is 0 Å². The van der Waals surface area contributed by atoms with Gasteiger partial charge in [-0.05, 0) is 40.9 Å². The fourth-order valence-electron chi connectivity index (χ4n) is 2.53. The smallest absolute Gasteiger partial charge is 0.262 e. The summed E-state index contributed by atoms with van der Waals surface area (Å²) in [6, 6.07) is 2.23. The lowest BCUT2D eigenvalue weighted by Crippen LogP contribution is -2.35. The zero-order chi connectivity index (χ0) is 15.8. The van der Waals surface area contributed by atoms with Gasteiger partial charge in [0.2, 0.25) is 0 Å². The van der Waals surface area contributed by atoms with Crippen molar-refractivity contribution in [1.29, 1.82) is 0 Å². The van der Waals surface area contributed by atoms with Crippen molar-refractivity contribution in [3.05, 3.63) is 28.0 Å². The first-order chi connectivity index (χ1) is 9.71. The molecule has 0 aromatic heterocycles. The largest absolute Gasteiger partial charge is 0.339 e. The van der Waals surface area contributed by atoms with E-state index in [-0.39, 0.29) is 16.1 Å². The van der Waals surface area contributed by atoms with E-state index < -0.39 is 25.7 Å². The molecule has 1 aliphatic rings. The molecule has 21 heavy (non-hydrogen) atoms. The number of amides is 1. The Morgan fingerprint density at radius 1 is 1.38 bits per heavy atom. The van der Waals surface area contributed by atoms with Crippen LogP contribution in [-0.2, 0) is 9.05 Å². The summed E-state index contributed by atoms with van der Waals surface area (Å²) >= 11 is 2.84. The highest BCUT2D eigenvalue weighted by Gasteiger charge is 2.27. The number of nitrogens with zero attached hydrogens (tertiary/aromatic N) is 1. The van der Waals surface area contributed by atoms with Gasteiger partial charge in [0.25, 0.3) is 15.0 Å². The van der Waals surface area contributed by atoms with Crippen LogP contribution in [0.4, 0.5) is 4.39 Å². The van der Waals surface area contributed by atoms with E-state index in [1.165, 1.54) is 0 Å². The molecule has 1 aliphatic carbocycles. The monoisotopic (exact) mass is 397 g/mol. The van der Waals surface area contributed by atoms with Gasteiger partial charge in [-0.1, -0.05) is 12.8 Å². The molecule has 0 spiro atoms. The Morgan fingerprint density at radius 2 is 1.95 bits per heavy atom. The van der Waals surface area contributed by atoms with Crippen LogP contribution in [0.25, 0.3) is 0 Å². The lowest BCUT2D eigenvalue weighted by Gasteiger charge is -2.24. The average molecular weight is 399 g/mol. The molecule has 4 nitrogen and oxygen atoms in total. The summed E-state index contributed by atoms with van der Waals surface area (Å²) in [4.78, 5) is 13.5. The van der Waals surface area contributed by atoms with E-state index >= 15 is 0 Å². The predicted molar refractivity (Wildman–Crippen MR) is 81.5 cm³/mol. The lowest BCUT2D eigenvalue weighted by molar-refractivity contribution is 0.0734. The Balaban J connectivity index is 2.40. The molecule has 1 fully saturated rings. The first-order valence-corrected chi connectivity index (χ1v) is 9.53. The number of carbonyl (C=O) groups excluding carboxylic acids is 1. The maximum absolute atomic E-state index is 13.8. The Morgan fingerprint density at radius 3 is 2.48 bits per heavy atom. The summed E-state index contributed by atoms with van der Waals surface area (Å²) in [5.74, 6) is -1.24. The van der Waals surface area contributed by atoms with Crippen LogP contribution in [0.3, 0.4) is 0 Å². The molecule has 0 bridgehead atoms. The van der Waals surface area contributed by atoms with Gasteiger partial charge in [0.1, 0.15) is 10.7 Å². The number of benzene rings is 1. The van der Waals surface area contributed by atoms with Crippen LogP contribution in [0, 0.1) is 5.82 Å². The second-order valence-electron chi connectivity index (χ2n) is 5.06. The minimum atomic E-state index is -4.14. The zero-order valence-corrected chi connectivity index (χ0v) is 14.4. The van der Waals surface area contributed by atoms with Crippen molar-refractivity contribution in [3.8, 4) is 0 Å². The number of carbonyl (C=O) groups is 1. The highest BCUT2D eigenvalue weighted by Crippen LogP contribution is 2.30. The molecule has 0 heterocycles. The molecule has 1 saturated carbocycles. The minimum absolute atomic E-state index is 0.0238. The van der Waals surface area contributed by atoms with E-state index in [0.29, 0.717) is 0 Å². The van der Waals surface area contributed by atoms with E-state index in [1.807, 2.05) is 0 Å². The summed E-state index contributed by atoms with van der Waals surface area (Å²) in [6.07, 6.45) is 3.92. The van der Waals surface area contributed by atoms with Gasteiger partial charge in [-0.15, -0.1) is 0 Å². The van der Waals surface area contributed by atoms with E-state index in [4.69, 9.17) is 10.7 Å². The van der Waals surface area contributed by atoms with Crippen molar-refractivity contribution >= 4 is 41.6 Å². The number of halogens is 3. The molecule has 0 unspecified atom stereocenters. The van der Waals surface area contributed by atoms with Crippen LogP contribution in [0.5, 0.6) is 0 Å². The summed E-state index contributed by atoms with van der Waals surface area (Å²) in [5, 5.41) is 0. The number of hydrogen-bond acceptors (Lipinski definition) is 3. The van der Waals surface area contributed by atoms with Crippen LogP contribution in [-0.4, -0.2) is 32.3 Å². The second-order valence-corrected chi connectivity index (χ2v) is 8.39. The third kappa shape index (κ3) is 3.57. The van der Waals surface area contributed by atoms with Crippen molar-refractivity contribution < 1.29 is 17.6 Å². The maximum Gasteiger partial charge on any atom is 0.262 e. The quantitative estimate of drug-likeness (QED) is 0.732. The fourth-order valence-corrected chi connectivity index (χ4v) is 4.62. The molecule has 1 aromatic rings. The van der Waals surface area contributed by atoms with Crippen molar-refractivity contribution in [2.24, 2.45) is 0 Å². The molecule has 0 radical (unpaired) electrons. The third-order valence-electron chi connectivity index (χ3n) is 3.70. The average Bonchev–Trinajstić information content (AvgIpc) is 2.92. The van der Waals surface area contributed by atoms with Gasteiger partial charge in [-0.25, -0.2) is 12.8 Å². The van der Waals surface area contributed by atoms with Crippen molar-refractivity contribution in [2.45, 2.75) is 36.6 Å². The van der Waals surface area contributed by atoms with Gasteiger partial charge < -0.3 is 4.90 Å². The van der Waals surface area contributed by atoms with E-state index in [1.54, 1.807) is 11.9 Å². The molecule has 0 atom stereocenters. The zero-order valence-electron chi connectivity index (χ0n) is 11.3. The van der Waals surface area contributed by atoms with Gasteiger partial charge in [0.05, 0.1) is 4.47 Å². The molecule has 116 valence electrons. The Kier molecular flexibility index (Phi) is 4.95. The summed E-state index contributed by atoms with van der Waals surface area (Å²) in [5.41, 5.74) is -0.0238. The first kappa shape index (κ1) is 16.7. The second kappa shape index (κ2) is 6.22. The Labute approximate surface area is 135 Å². The molecule has 0 N–H and O–H groups in total. The van der Waals surface area contributed by atoms with Crippen molar-refractivity contribution in [1.82, 2.24) is 4.90 Å². The molecule has 0 saturated heterocycles. The topological polar surface area (TPSA) is 54.5 Å². The fraction of sp³-hybridized carbons (Fsp3) is 0.462. The Bertz CT molecular complexity index is 674. The number of rotatable bonds is 3. The van der Waals surface area contributed by atoms with Gasteiger partial charge in [-0.2, -0.15) is 0 Å². The SMILES string of the molecule is CN(C(=O)c1cc(F)c(Br)c(S(=O)(=O)Cl)c1)C1CCCC1. The van der Waals surface area contributed by atoms with E-state index in [0.717, 1.165) is 37.8 Å². The van der Waals surface area contributed by atoms with Gasteiger partial charge in [-0.3, -0.25) is 4.79 Å². The van der Waals surface area contributed by atoms with Crippen molar-refractivity contribution in [3.63, 3.8) is 0 Å².